The molecule has 2 aromatic carbocycles. The molecule has 0 atom stereocenters. The van der Waals surface area contributed by atoms with Crippen molar-refractivity contribution < 1.29 is 23.6 Å². The Kier molecular flexibility index (Phi) is 6.27. The lowest BCUT2D eigenvalue weighted by Gasteiger charge is -2.32. The summed E-state index contributed by atoms with van der Waals surface area (Å²) in [5.41, 5.74) is 1.79. The summed E-state index contributed by atoms with van der Waals surface area (Å²) >= 11 is 0. The molecule has 0 radical (unpaired) electrons. The van der Waals surface area contributed by atoms with Gasteiger partial charge in [0.05, 0.1) is 17.8 Å². The molecule has 0 aliphatic carbocycles. The van der Waals surface area contributed by atoms with E-state index in [0.29, 0.717) is 23.6 Å². The van der Waals surface area contributed by atoms with Gasteiger partial charge in [-0.3, -0.25) is 0 Å². The molecule has 9 heteroatoms. The first-order chi connectivity index (χ1) is 15.7. The van der Waals surface area contributed by atoms with E-state index < -0.39 is 24.3 Å². The highest BCUT2D eigenvalue weighted by Gasteiger charge is 2.52. The van der Waals surface area contributed by atoms with Gasteiger partial charge >= 0.3 is 13.1 Å². The van der Waals surface area contributed by atoms with E-state index in [4.69, 9.17) is 18.8 Å². The molecule has 0 spiro atoms. The highest BCUT2D eigenvalue weighted by atomic mass is 16.7. The summed E-state index contributed by atoms with van der Waals surface area (Å²) in [5.74, 6) is 0.0589. The highest BCUT2D eigenvalue weighted by Crippen LogP contribution is 2.37. The summed E-state index contributed by atoms with van der Waals surface area (Å²) in [7, 11) is -0.653. The molecule has 3 aromatic rings. The van der Waals surface area contributed by atoms with E-state index in [9.17, 15) is 4.79 Å². The standard InChI is InChI=1S/C24H28BN3O5/c1-6-30-22(29)21-20(26-28-27-21)18-14-17(31-15-16-10-8-7-9-11-16)12-13-19(18)25-32-23(2,3)24(4,5)33-25/h7-14H,6,15H2,1-5H3,(H,26,27,28). The summed E-state index contributed by atoms with van der Waals surface area (Å²) in [4.78, 5) is 12.5. The number of rotatable bonds is 7. The van der Waals surface area contributed by atoms with Gasteiger partial charge in [-0.2, -0.15) is 10.3 Å². The van der Waals surface area contributed by atoms with E-state index in [1.54, 1.807) is 6.92 Å². The minimum atomic E-state index is -0.653. The number of aromatic amines is 1. The van der Waals surface area contributed by atoms with Crippen molar-refractivity contribution in [1.29, 1.82) is 0 Å². The monoisotopic (exact) mass is 449 g/mol. The van der Waals surface area contributed by atoms with Gasteiger partial charge in [-0.15, -0.1) is 5.10 Å². The number of hydrogen-bond acceptors (Lipinski definition) is 7. The minimum absolute atomic E-state index is 0.0924. The fourth-order valence-corrected chi connectivity index (χ4v) is 3.51. The van der Waals surface area contributed by atoms with Crippen LogP contribution in [0.2, 0.25) is 0 Å². The van der Waals surface area contributed by atoms with Crippen LogP contribution in [-0.2, 0) is 20.7 Å². The summed E-state index contributed by atoms with van der Waals surface area (Å²) in [6, 6.07) is 15.4. The molecule has 0 bridgehead atoms. The van der Waals surface area contributed by atoms with Crippen LogP contribution in [0.25, 0.3) is 11.3 Å². The SMILES string of the molecule is CCOC(=O)c1n[nH]nc1-c1cc(OCc2ccccc2)ccc1B1OC(C)(C)C(C)(C)O1. The second-order valence-electron chi connectivity index (χ2n) is 8.85. The van der Waals surface area contributed by atoms with Gasteiger partial charge in [0.1, 0.15) is 18.1 Å². The topological polar surface area (TPSA) is 95.6 Å². The van der Waals surface area contributed by atoms with Gasteiger partial charge in [-0.05, 0) is 57.8 Å². The van der Waals surface area contributed by atoms with Crippen molar-refractivity contribution in [3.8, 4) is 17.0 Å². The number of benzene rings is 2. The lowest BCUT2D eigenvalue weighted by Crippen LogP contribution is -2.41. The van der Waals surface area contributed by atoms with Crippen LogP contribution < -0.4 is 10.2 Å². The van der Waals surface area contributed by atoms with Gasteiger partial charge in [-0.25, -0.2) is 4.79 Å². The van der Waals surface area contributed by atoms with Gasteiger partial charge in [0.2, 0.25) is 0 Å². The number of hydrogen-bond donors (Lipinski definition) is 1. The Morgan fingerprint density at radius 3 is 2.39 bits per heavy atom. The van der Waals surface area contributed by atoms with Crippen LogP contribution in [0.5, 0.6) is 5.75 Å². The number of esters is 1. The minimum Gasteiger partial charge on any atom is -0.489 e. The third-order valence-electron chi connectivity index (χ3n) is 6.05. The van der Waals surface area contributed by atoms with Crippen LogP contribution >= 0.6 is 0 Å². The second-order valence-corrected chi connectivity index (χ2v) is 8.85. The molecule has 8 nitrogen and oxygen atoms in total. The van der Waals surface area contributed by atoms with Crippen LogP contribution in [0.15, 0.2) is 48.5 Å². The Hall–Kier alpha value is -3.17. The fourth-order valence-electron chi connectivity index (χ4n) is 3.51. The van der Waals surface area contributed by atoms with Crippen molar-refractivity contribution in [1.82, 2.24) is 15.4 Å². The maximum atomic E-state index is 12.5. The normalized spacial score (nSPS) is 16.6. The van der Waals surface area contributed by atoms with Crippen molar-refractivity contribution in [3.05, 3.63) is 59.8 Å². The molecule has 1 saturated heterocycles. The highest BCUT2D eigenvalue weighted by molar-refractivity contribution is 6.64. The summed E-state index contributed by atoms with van der Waals surface area (Å²) < 4.78 is 23.7. The van der Waals surface area contributed by atoms with Crippen molar-refractivity contribution in [2.75, 3.05) is 6.61 Å². The molecule has 0 amide bonds. The number of nitrogens with zero attached hydrogens (tertiary/aromatic N) is 2. The van der Waals surface area contributed by atoms with Crippen molar-refractivity contribution >= 4 is 18.6 Å². The van der Waals surface area contributed by atoms with E-state index >= 15 is 0 Å². The molecule has 1 fully saturated rings. The number of aromatic nitrogens is 3. The molecule has 1 aromatic heterocycles. The molecule has 33 heavy (non-hydrogen) atoms. The molecule has 0 saturated carbocycles. The lowest BCUT2D eigenvalue weighted by molar-refractivity contribution is 0.00578. The Bertz CT molecular complexity index is 1110. The van der Waals surface area contributed by atoms with Gasteiger partial charge < -0.3 is 18.8 Å². The molecule has 4 rings (SSSR count). The molecule has 1 N–H and O–H groups in total. The molecule has 2 heterocycles. The number of carbonyl (C=O) groups excluding carboxylic acids is 1. The average Bonchev–Trinajstić information content (AvgIpc) is 3.35. The number of H-pyrrole nitrogens is 1. The van der Waals surface area contributed by atoms with Gasteiger partial charge in [0.15, 0.2) is 5.69 Å². The smallest absolute Gasteiger partial charge is 0.489 e. The Labute approximate surface area is 193 Å². The lowest BCUT2D eigenvalue weighted by atomic mass is 9.75. The van der Waals surface area contributed by atoms with Gasteiger partial charge in [0, 0.05) is 5.56 Å². The van der Waals surface area contributed by atoms with E-state index in [1.807, 2.05) is 76.2 Å². The van der Waals surface area contributed by atoms with E-state index in [0.717, 1.165) is 11.0 Å². The first-order valence-electron chi connectivity index (χ1n) is 11.0. The number of ether oxygens (including phenoxy) is 2. The largest absolute Gasteiger partial charge is 0.495 e. The number of nitrogens with one attached hydrogen (secondary N) is 1. The predicted molar refractivity (Wildman–Crippen MR) is 124 cm³/mol. The quantitative estimate of drug-likeness (QED) is 0.436. The van der Waals surface area contributed by atoms with Crippen LogP contribution in [0.1, 0.15) is 50.7 Å². The molecule has 172 valence electrons. The van der Waals surface area contributed by atoms with Crippen LogP contribution in [0, 0.1) is 0 Å². The third-order valence-corrected chi connectivity index (χ3v) is 6.05. The van der Waals surface area contributed by atoms with E-state index in [1.165, 1.54) is 0 Å². The number of carbonyl (C=O) groups is 1. The van der Waals surface area contributed by atoms with Crippen molar-refractivity contribution in [2.45, 2.75) is 52.4 Å². The van der Waals surface area contributed by atoms with Crippen LogP contribution in [0.3, 0.4) is 0 Å². The van der Waals surface area contributed by atoms with Crippen LogP contribution in [-0.4, -0.2) is 46.3 Å². The van der Waals surface area contributed by atoms with E-state index in [-0.39, 0.29) is 12.3 Å². The first kappa shape index (κ1) is 23.0. The Morgan fingerprint density at radius 2 is 1.73 bits per heavy atom. The van der Waals surface area contributed by atoms with Gasteiger partial charge in [0.25, 0.3) is 0 Å². The molecular formula is C24H28BN3O5. The van der Waals surface area contributed by atoms with Crippen LogP contribution in [0.4, 0.5) is 0 Å². The zero-order valence-electron chi connectivity index (χ0n) is 19.5. The molecule has 1 aliphatic heterocycles. The molecule has 0 unspecified atom stereocenters. The summed E-state index contributed by atoms with van der Waals surface area (Å²) in [5, 5.41) is 10.8. The zero-order chi connectivity index (χ0) is 23.6. The third kappa shape index (κ3) is 4.65. The Balaban J connectivity index is 1.73. The zero-order valence-corrected chi connectivity index (χ0v) is 19.5. The summed E-state index contributed by atoms with van der Waals surface area (Å²) in [6.07, 6.45) is 0. The van der Waals surface area contributed by atoms with Gasteiger partial charge in [-0.1, -0.05) is 36.4 Å². The molecular weight excluding hydrogens is 421 g/mol. The van der Waals surface area contributed by atoms with Crippen molar-refractivity contribution in [2.24, 2.45) is 0 Å². The first-order valence-corrected chi connectivity index (χ1v) is 11.0. The molecule has 1 aliphatic rings. The second kappa shape index (κ2) is 9.00. The maximum absolute atomic E-state index is 12.5. The predicted octanol–water partition coefficient (Wildman–Crippen LogP) is 3.53. The Morgan fingerprint density at radius 1 is 1.03 bits per heavy atom. The average molecular weight is 449 g/mol. The fraction of sp³-hybridized carbons (Fsp3) is 0.375. The summed E-state index contributed by atoms with van der Waals surface area (Å²) in [6.45, 7) is 10.3. The van der Waals surface area contributed by atoms with Crippen molar-refractivity contribution in [3.63, 3.8) is 0 Å². The maximum Gasteiger partial charge on any atom is 0.495 e. The van der Waals surface area contributed by atoms with E-state index in [2.05, 4.69) is 15.4 Å².